The standard InChI is InChI=1S/C18H21NO2/c20-17-11-9-16(10-12-17)13-14-19-18(21)8-4-7-15-5-2-1-3-6-15/h1-3,5-6,9-12,20H,4,7-8,13-14H2,(H,19,21). The van der Waals surface area contributed by atoms with Crippen LogP contribution in [-0.2, 0) is 17.6 Å². The van der Waals surface area contributed by atoms with Gasteiger partial charge in [-0.15, -0.1) is 0 Å². The molecule has 21 heavy (non-hydrogen) atoms. The zero-order valence-corrected chi connectivity index (χ0v) is 12.1. The summed E-state index contributed by atoms with van der Waals surface area (Å²) in [5, 5.41) is 12.1. The van der Waals surface area contributed by atoms with Gasteiger partial charge in [-0.05, 0) is 42.5 Å². The lowest BCUT2D eigenvalue weighted by molar-refractivity contribution is -0.121. The number of rotatable bonds is 7. The van der Waals surface area contributed by atoms with Crippen LogP contribution in [0.25, 0.3) is 0 Å². The summed E-state index contributed by atoms with van der Waals surface area (Å²) >= 11 is 0. The molecule has 3 nitrogen and oxygen atoms in total. The molecule has 2 aromatic carbocycles. The van der Waals surface area contributed by atoms with Crippen molar-refractivity contribution in [1.29, 1.82) is 0 Å². The highest BCUT2D eigenvalue weighted by molar-refractivity contribution is 5.75. The second-order valence-electron chi connectivity index (χ2n) is 5.11. The summed E-state index contributed by atoms with van der Waals surface area (Å²) in [7, 11) is 0. The molecule has 0 bridgehead atoms. The van der Waals surface area contributed by atoms with Crippen LogP contribution in [0.2, 0.25) is 0 Å². The number of hydrogen-bond donors (Lipinski definition) is 2. The van der Waals surface area contributed by atoms with Crippen LogP contribution in [0.1, 0.15) is 24.0 Å². The Bertz CT molecular complexity index is 549. The van der Waals surface area contributed by atoms with Crippen molar-refractivity contribution >= 4 is 5.91 Å². The van der Waals surface area contributed by atoms with Crippen molar-refractivity contribution in [2.24, 2.45) is 0 Å². The van der Waals surface area contributed by atoms with Gasteiger partial charge in [0.15, 0.2) is 0 Å². The first-order chi connectivity index (χ1) is 10.2. The third-order valence-electron chi connectivity index (χ3n) is 3.38. The number of benzene rings is 2. The van der Waals surface area contributed by atoms with Crippen molar-refractivity contribution in [1.82, 2.24) is 5.32 Å². The van der Waals surface area contributed by atoms with E-state index in [4.69, 9.17) is 0 Å². The van der Waals surface area contributed by atoms with Crippen molar-refractivity contribution in [2.75, 3.05) is 6.54 Å². The van der Waals surface area contributed by atoms with Crippen LogP contribution in [0.5, 0.6) is 5.75 Å². The van der Waals surface area contributed by atoms with E-state index >= 15 is 0 Å². The molecule has 0 spiro atoms. The third kappa shape index (κ3) is 5.69. The molecule has 3 heteroatoms. The van der Waals surface area contributed by atoms with Crippen molar-refractivity contribution in [3.63, 3.8) is 0 Å². The van der Waals surface area contributed by atoms with Crippen LogP contribution in [0.4, 0.5) is 0 Å². The van der Waals surface area contributed by atoms with E-state index in [2.05, 4.69) is 17.4 Å². The Hall–Kier alpha value is -2.29. The lowest BCUT2D eigenvalue weighted by atomic mass is 10.1. The molecular weight excluding hydrogens is 262 g/mol. The molecule has 2 rings (SSSR count). The Labute approximate surface area is 125 Å². The second kappa shape index (κ2) is 8.10. The predicted molar refractivity (Wildman–Crippen MR) is 84.2 cm³/mol. The van der Waals surface area contributed by atoms with Gasteiger partial charge in [-0.25, -0.2) is 0 Å². The largest absolute Gasteiger partial charge is 0.508 e. The molecule has 0 saturated carbocycles. The number of carbonyl (C=O) groups excluding carboxylic acids is 1. The van der Waals surface area contributed by atoms with E-state index in [-0.39, 0.29) is 11.7 Å². The monoisotopic (exact) mass is 283 g/mol. The van der Waals surface area contributed by atoms with E-state index in [0.29, 0.717) is 13.0 Å². The molecule has 0 aliphatic carbocycles. The van der Waals surface area contributed by atoms with Gasteiger partial charge in [0.05, 0.1) is 0 Å². The van der Waals surface area contributed by atoms with Crippen LogP contribution in [-0.4, -0.2) is 17.6 Å². The normalized spacial score (nSPS) is 10.3. The van der Waals surface area contributed by atoms with Gasteiger partial charge in [-0.1, -0.05) is 42.5 Å². The Morgan fingerprint density at radius 1 is 0.905 bits per heavy atom. The summed E-state index contributed by atoms with van der Waals surface area (Å²) in [6.07, 6.45) is 3.15. The number of carbonyl (C=O) groups is 1. The average Bonchev–Trinajstić information content (AvgIpc) is 2.50. The molecule has 0 aromatic heterocycles. The van der Waals surface area contributed by atoms with Crippen LogP contribution < -0.4 is 5.32 Å². The molecule has 0 aliphatic heterocycles. The molecule has 2 N–H and O–H groups in total. The van der Waals surface area contributed by atoms with E-state index in [1.165, 1.54) is 5.56 Å². The number of phenols is 1. The minimum atomic E-state index is 0.102. The van der Waals surface area contributed by atoms with Crippen LogP contribution in [0, 0.1) is 0 Å². The van der Waals surface area contributed by atoms with E-state index in [9.17, 15) is 9.90 Å². The highest BCUT2D eigenvalue weighted by atomic mass is 16.3. The molecule has 0 radical (unpaired) electrons. The quantitative estimate of drug-likeness (QED) is 0.820. The first kappa shape index (κ1) is 15.1. The molecular formula is C18H21NO2. The molecule has 0 atom stereocenters. The first-order valence-electron chi connectivity index (χ1n) is 7.32. The summed E-state index contributed by atoms with van der Waals surface area (Å²) in [5.74, 6) is 0.369. The van der Waals surface area contributed by atoms with Crippen LogP contribution in [0.3, 0.4) is 0 Å². The maximum atomic E-state index is 11.7. The van der Waals surface area contributed by atoms with Gasteiger partial charge in [0.2, 0.25) is 5.91 Å². The summed E-state index contributed by atoms with van der Waals surface area (Å²) in [4.78, 5) is 11.7. The Kier molecular flexibility index (Phi) is 5.83. The lowest BCUT2D eigenvalue weighted by Gasteiger charge is -2.06. The highest BCUT2D eigenvalue weighted by Gasteiger charge is 2.01. The number of hydrogen-bond acceptors (Lipinski definition) is 2. The number of aryl methyl sites for hydroxylation is 1. The average molecular weight is 283 g/mol. The topological polar surface area (TPSA) is 49.3 Å². The zero-order chi connectivity index (χ0) is 14.9. The summed E-state index contributed by atoms with van der Waals surface area (Å²) in [5.41, 5.74) is 2.38. The summed E-state index contributed by atoms with van der Waals surface area (Å²) < 4.78 is 0. The molecule has 0 unspecified atom stereocenters. The van der Waals surface area contributed by atoms with E-state index in [1.807, 2.05) is 30.3 Å². The van der Waals surface area contributed by atoms with E-state index < -0.39 is 0 Å². The van der Waals surface area contributed by atoms with Gasteiger partial charge in [0.1, 0.15) is 5.75 Å². The SMILES string of the molecule is O=C(CCCc1ccccc1)NCCc1ccc(O)cc1. The van der Waals surface area contributed by atoms with Crippen molar-refractivity contribution in [3.8, 4) is 5.75 Å². The molecule has 2 aromatic rings. The fraction of sp³-hybridized carbons (Fsp3) is 0.278. The first-order valence-corrected chi connectivity index (χ1v) is 7.32. The van der Waals surface area contributed by atoms with Gasteiger partial charge in [0, 0.05) is 13.0 Å². The molecule has 0 aliphatic rings. The molecule has 0 heterocycles. The van der Waals surface area contributed by atoms with Gasteiger partial charge in [0.25, 0.3) is 0 Å². The van der Waals surface area contributed by atoms with Crippen molar-refractivity contribution < 1.29 is 9.90 Å². The predicted octanol–water partition coefficient (Wildman–Crippen LogP) is 3.07. The number of phenolic OH excluding ortho intramolecular Hbond substituents is 1. The maximum absolute atomic E-state index is 11.7. The number of amides is 1. The van der Waals surface area contributed by atoms with E-state index in [1.54, 1.807) is 12.1 Å². The van der Waals surface area contributed by atoms with Gasteiger partial charge in [-0.3, -0.25) is 4.79 Å². The van der Waals surface area contributed by atoms with Gasteiger partial charge in [-0.2, -0.15) is 0 Å². The summed E-state index contributed by atoms with van der Waals surface area (Å²) in [6.45, 7) is 0.634. The lowest BCUT2D eigenvalue weighted by Crippen LogP contribution is -2.25. The fourth-order valence-electron chi connectivity index (χ4n) is 2.20. The maximum Gasteiger partial charge on any atom is 0.220 e. The zero-order valence-electron chi connectivity index (χ0n) is 12.1. The Balaban J connectivity index is 1.60. The third-order valence-corrected chi connectivity index (χ3v) is 3.38. The van der Waals surface area contributed by atoms with Crippen molar-refractivity contribution in [3.05, 3.63) is 65.7 Å². The summed E-state index contributed by atoms with van der Waals surface area (Å²) in [6, 6.07) is 17.3. The Morgan fingerprint density at radius 2 is 1.57 bits per heavy atom. The molecule has 0 fully saturated rings. The van der Waals surface area contributed by atoms with E-state index in [0.717, 1.165) is 24.8 Å². The van der Waals surface area contributed by atoms with Gasteiger partial charge < -0.3 is 10.4 Å². The van der Waals surface area contributed by atoms with Crippen molar-refractivity contribution in [2.45, 2.75) is 25.7 Å². The molecule has 1 amide bonds. The minimum absolute atomic E-state index is 0.102. The van der Waals surface area contributed by atoms with Crippen LogP contribution >= 0.6 is 0 Å². The number of aromatic hydroxyl groups is 1. The van der Waals surface area contributed by atoms with Crippen LogP contribution in [0.15, 0.2) is 54.6 Å². The minimum Gasteiger partial charge on any atom is -0.508 e. The van der Waals surface area contributed by atoms with Gasteiger partial charge >= 0.3 is 0 Å². The Morgan fingerprint density at radius 3 is 2.29 bits per heavy atom. The second-order valence-corrected chi connectivity index (χ2v) is 5.11. The number of nitrogens with one attached hydrogen (secondary N) is 1. The molecule has 110 valence electrons. The highest BCUT2D eigenvalue weighted by Crippen LogP contribution is 2.09. The molecule has 0 saturated heterocycles. The fourth-order valence-corrected chi connectivity index (χ4v) is 2.20. The smallest absolute Gasteiger partial charge is 0.220 e.